The molecule has 1 atom stereocenters. The van der Waals surface area contributed by atoms with E-state index in [9.17, 15) is 9.59 Å². The maximum absolute atomic E-state index is 12.4. The van der Waals surface area contributed by atoms with Crippen molar-refractivity contribution in [1.82, 2.24) is 14.5 Å². The molecule has 2 heterocycles. The van der Waals surface area contributed by atoms with E-state index < -0.39 is 17.6 Å². The van der Waals surface area contributed by atoms with Crippen LogP contribution in [0.1, 0.15) is 41.7 Å². The highest BCUT2D eigenvalue weighted by Crippen LogP contribution is 2.24. The minimum absolute atomic E-state index is 0.00647. The molecule has 6 nitrogen and oxygen atoms in total. The normalized spacial score (nSPS) is 12.3. The van der Waals surface area contributed by atoms with Crippen molar-refractivity contribution in [3.63, 3.8) is 0 Å². The fourth-order valence-corrected chi connectivity index (χ4v) is 2.87. The van der Waals surface area contributed by atoms with Gasteiger partial charge >= 0.3 is 5.97 Å². The zero-order valence-corrected chi connectivity index (χ0v) is 14.9. The first-order valence-electron chi connectivity index (χ1n) is 7.95. The highest BCUT2D eigenvalue weighted by molar-refractivity contribution is 6.31. The number of benzene rings is 1. The predicted octanol–water partition coefficient (Wildman–Crippen LogP) is 3.40. The quantitative estimate of drug-likeness (QED) is 0.724. The van der Waals surface area contributed by atoms with Crippen molar-refractivity contribution in [3.05, 3.63) is 62.8 Å². The Morgan fingerprint density at radius 2 is 2.16 bits per heavy atom. The second kappa shape index (κ2) is 6.72. The van der Waals surface area contributed by atoms with Crippen LogP contribution in [-0.2, 0) is 18.2 Å². The molecule has 1 N–H and O–H groups in total. The summed E-state index contributed by atoms with van der Waals surface area (Å²) in [5, 5.41) is 0.606. The summed E-state index contributed by atoms with van der Waals surface area (Å²) in [6, 6.07) is 6.93. The third-order valence-corrected chi connectivity index (χ3v) is 4.35. The molecule has 0 bridgehead atoms. The minimum atomic E-state index is -0.672. The molecule has 0 amide bonds. The molecule has 0 radical (unpaired) electrons. The second-order valence-electron chi connectivity index (χ2n) is 5.81. The van der Waals surface area contributed by atoms with Crippen LogP contribution in [0.3, 0.4) is 0 Å². The minimum Gasteiger partial charge on any atom is -0.451 e. The van der Waals surface area contributed by atoms with Gasteiger partial charge in [-0.25, -0.2) is 9.78 Å². The molecule has 0 aliphatic rings. The van der Waals surface area contributed by atoms with Crippen molar-refractivity contribution in [2.24, 2.45) is 7.05 Å². The van der Waals surface area contributed by atoms with E-state index in [1.807, 2.05) is 24.6 Å². The largest absolute Gasteiger partial charge is 0.451 e. The average molecular weight is 360 g/mol. The lowest BCUT2D eigenvalue weighted by Crippen LogP contribution is -2.21. The lowest BCUT2D eigenvalue weighted by atomic mass is 10.1. The Balaban J connectivity index is 1.90. The molecule has 0 aliphatic heterocycles. The molecule has 0 saturated carbocycles. The number of imidazole rings is 1. The number of nitrogens with zero attached hydrogens (tertiary/aromatic N) is 2. The van der Waals surface area contributed by atoms with Gasteiger partial charge in [-0.3, -0.25) is 4.79 Å². The monoisotopic (exact) mass is 359 g/mol. The molecule has 130 valence electrons. The summed E-state index contributed by atoms with van der Waals surface area (Å²) in [6.07, 6.45) is 1.68. The average Bonchev–Trinajstić information content (AvgIpc) is 2.92. The molecule has 1 aromatic carbocycles. The van der Waals surface area contributed by atoms with Gasteiger partial charge in [0.2, 0.25) is 0 Å². The number of carbonyl (C=O) groups is 1. The SMILES string of the molecule is CCc1c[nH]c(=O)c(C(=O)OC(C)c2nc3ccc(Cl)cc3n2C)c1. The van der Waals surface area contributed by atoms with Crippen LogP contribution < -0.4 is 5.56 Å². The van der Waals surface area contributed by atoms with Crippen LogP contribution in [0, 0.1) is 0 Å². The molecule has 0 spiro atoms. The fraction of sp³-hybridized carbons (Fsp3) is 0.278. The van der Waals surface area contributed by atoms with Crippen molar-refractivity contribution < 1.29 is 9.53 Å². The number of halogens is 1. The van der Waals surface area contributed by atoms with Crippen molar-refractivity contribution in [1.29, 1.82) is 0 Å². The zero-order chi connectivity index (χ0) is 18.1. The molecule has 0 saturated heterocycles. The number of hydrogen-bond acceptors (Lipinski definition) is 4. The highest BCUT2D eigenvalue weighted by Gasteiger charge is 2.21. The number of esters is 1. The van der Waals surface area contributed by atoms with Gasteiger partial charge in [0, 0.05) is 18.3 Å². The summed E-state index contributed by atoms with van der Waals surface area (Å²) in [6.45, 7) is 3.66. The number of carbonyl (C=O) groups excluding carboxylic acids is 1. The number of pyridine rings is 1. The van der Waals surface area contributed by atoms with Crippen LogP contribution in [0.15, 0.2) is 35.3 Å². The van der Waals surface area contributed by atoms with E-state index in [0.29, 0.717) is 17.3 Å². The number of ether oxygens (including phenoxy) is 1. The number of aromatic nitrogens is 3. The molecular formula is C18H18ClN3O3. The molecular weight excluding hydrogens is 342 g/mol. The van der Waals surface area contributed by atoms with E-state index in [4.69, 9.17) is 16.3 Å². The molecule has 3 aromatic rings. The van der Waals surface area contributed by atoms with Gasteiger partial charge in [-0.15, -0.1) is 0 Å². The number of hydrogen-bond donors (Lipinski definition) is 1. The zero-order valence-electron chi connectivity index (χ0n) is 14.2. The molecule has 3 rings (SSSR count). The number of fused-ring (bicyclic) bond motifs is 1. The van der Waals surface area contributed by atoms with Crippen LogP contribution >= 0.6 is 11.6 Å². The Kier molecular flexibility index (Phi) is 4.63. The molecule has 7 heteroatoms. The maximum Gasteiger partial charge on any atom is 0.344 e. The van der Waals surface area contributed by atoms with Gasteiger partial charge in [0.05, 0.1) is 11.0 Å². The number of nitrogens with one attached hydrogen (secondary N) is 1. The summed E-state index contributed by atoms with van der Waals surface area (Å²) in [7, 11) is 1.83. The van der Waals surface area contributed by atoms with E-state index in [1.165, 1.54) is 0 Å². The van der Waals surface area contributed by atoms with E-state index in [2.05, 4.69) is 9.97 Å². The predicted molar refractivity (Wildman–Crippen MR) is 96.0 cm³/mol. The fourth-order valence-electron chi connectivity index (χ4n) is 2.71. The number of aromatic amines is 1. The van der Waals surface area contributed by atoms with E-state index >= 15 is 0 Å². The summed E-state index contributed by atoms with van der Waals surface area (Å²) < 4.78 is 7.29. The van der Waals surface area contributed by atoms with Gasteiger partial charge in [-0.1, -0.05) is 18.5 Å². The van der Waals surface area contributed by atoms with Crippen molar-refractivity contribution in [2.45, 2.75) is 26.4 Å². The van der Waals surface area contributed by atoms with E-state index in [-0.39, 0.29) is 5.56 Å². The van der Waals surface area contributed by atoms with Gasteiger partial charge in [0.25, 0.3) is 5.56 Å². The molecule has 0 fully saturated rings. The Morgan fingerprint density at radius 1 is 1.40 bits per heavy atom. The third kappa shape index (κ3) is 3.30. The lowest BCUT2D eigenvalue weighted by molar-refractivity contribution is 0.0313. The summed E-state index contributed by atoms with van der Waals surface area (Å²) in [5.74, 6) is -0.0946. The van der Waals surface area contributed by atoms with Crippen LogP contribution in [0.5, 0.6) is 0 Å². The summed E-state index contributed by atoms with van der Waals surface area (Å²) >= 11 is 6.03. The van der Waals surface area contributed by atoms with Crippen molar-refractivity contribution in [3.8, 4) is 0 Å². The number of aryl methyl sites for hydroxylation is 2. The van der Waals surface area contributed by atoms with E-state index in [1.54, 1.807) is 31.3 Å². The molecule has 0 aliphatic carbocycles. The van der Waals surface area contributed by atoms with Gasteiger partial charge in [0.1, 0.15) is 5.56 Å². The summed E-state index contributed by atoms with van der Waals surface area (Å²) in [5.41, 5.74) is 1.99. The van der Waals surface area contributed by atoms with Crippen molar-refractivity contribution in [2.75, 3.05) is 0 Å². The molecule has 1 unspecified atom stereocenters. The Bertz CT molecular complexity index is 1010. The van der Waals surface area contributed by atoms with Gasteiger partial charge in [-0.05, 0) is 43.2 Å². The van der Waals surface area contributed by atoms with Gasteiger partial charge in [-0.2, -0.15) is 0 Å². The van der Waals surface area contributed by atoms with E-state index in [0.717, 1.165) is 16.6 Å². The summed E-state index contributed by atoms with van der Waals surface area (Å²) in [4.78, 5) is 31.4. The Morgan fingerprint density at radius 3 is 2.88 bits per heavy atom. The topological polar surface area (TPSA) is 77.0 Å². The van der Waals surface area contributed by atoms with Crippen LogP contribution in [0.2, 0.25) is 5.02 Å². The highest BCUT2D eigenvalue weighted by atomic mass is 35.5. The smallest absolute Gasteiger partial charge is 0.344 e. The van der Waals surface area contributed by atoms with Gasteiger partial charge in [0.15, 0.2) is 11.9 Å². The van der Waals surface area contributed by atoms with Crippen molar-refractivity contribution >= 4 is 28.6 Å². The first-order chi connectivity index (χ1) is 11.9. The number of H-pyrrole nitrogens is 1. The van der Waals surface area contributed by atoms with Gasteiger partial charge < -0.3 is 14.3 Å². The first-order valence-corrected chi connectivity index (χ1v) is 8.33. The maximum atomic E-state index is 12.4. The Hall–Kier alpha value is -2.60. The lowest BCUT2D eigenvalue weighted by Gasteiger charge is -2.13. The van der Waals surface area contributed by atoms with Crippen LogP contribution in [-0.4, -0.2) is 20.5 Å². The number of rotatable bonds is 4. The first kappa shape index (κ1) is 17.2. The van der Waals surface area contributed by atoms with Crippen LogP contribution in [0.25, 0.3) is 11.0 Å². The second-order valence-corrected chi connectivity index (χ2v) is 6.25. The Labute approximate surface area is 149 Å². The van der Waals surface area contributed by atoms with Crippen LogP contribution in [0.4, 0.5) is 0 Å². The third-order valence-electron chi connectivity index (χ3n) is 4.12. The molecule has 2 aromatic heterocycles. The standard InChI is InChI=1S/C18H18ClN3O3/c1-4-11-7-13(17(23)20-9-11)18(24)25-10(2)16-21-14-6-5-12(19)8-15(14)22(16)3/h5-10H,4H2,1-3H3,(H,20,23). The molecule has 25 heavy (non-hydrogen) atoms.